The van der Waals surface area contributed by atoms with Gasteiger partial charge in [0.05, 0.1) is 7.11 Å². The van der Waals surface area contributed by atoms with Gasteiger partial charge in [-0.25, -0.2) is 0 Å². The van der Waals surface area contributed by atoms with E-state index in [9.17, 15) is 0 Å². The predicted octanol–water partition coefficient (Wildman–Crippen LogP) is 3.49. The first kappa shape index (κ1) is 9.93. The topological polar surface area (TPSA) is 9.23 Å². The van der Waals surface area contributed by atoms with Crippen molar-refractivity contribution < 1.29 is 4.74 Å². The van der Waals surface area contributed by atoms with E-state index in [4.69, 9.17) is 4.74 Å². The molecule has 0 aromatic heterocycles. The lowest BCUT2D eigenvalue weighted by Crippen LogP contribution is -1.80. The molecule has 0 atom stereocenters. The molecule has 0 aliphatic carbocycles. The van der Waals surface area contributed by atoms with Crippen LogP contribution in [0.5, 0.6) is 5.75 Å². The summed E-state index contributed by atoms with van der Waals surface area (Å²) < 4.78 is 5.05. The van der Waals surface area contributed by atoms with E-state index >= 15 is 0 Å². The van der Waals surface area contributed by atoms with Gasteiger partial charge in [-0.15, -0.1) is 0 Å². The largest absolute Gasteiger partial charge is 0.497 e. The highest BCUT2D eigenvalue weighted by Gasteiger charge is 1.91. The third-order valence-electron chi connectivity index (χ3n) is 1.48. The molecule has 0 N–H and O–H groups in total. The number of thioether (sulfide) groups is 1. The molecule has 0 radical (unpaired) electrons. The molecule has 0 amide bonds. The maximum atomic E-state index is 5.05. The molecule has 0 saturated heterocycles. The number of rotatable bonds is 4. The fourth-order valence-electron chi connectivity index (χ4n) is 0.828. The lowest BCUT2D eigenvalue weighted by molar-refractivity contribution is 0.414. The second kappa shape index (κ2) is 5.49. The summed E-state index contributed by atoms with van der Waals surface area (Å²) in [4.78, 5) is 1.19. The molecular weight excluding hydrogens is 180 g/mol. The molecule has 0 aliphatic heterocycles. The third kappa shape index (κ3) is 3.38. The Hall–Kier alpha value is -1.15. The normalized spacial score (nSPS) is 10.2. The SMILES string of the molecule is C=C/C=C\Sc1ccc(OC)cc1. The van der Waals surface area contributed by atoms with Crippen molar-refractivity contribution >= 4 is 11.8 Å². The van der Waals surface area contributed by atoms with Gasteiger partial charge >= 0.3 is 0 Å². The van der Waals surface area contributed by atoms with E-state index in [2.05, 4.69) is 6.58 Å². The van der Waals surface area contributed by atoms with Gasteiger partial charge in [0.2, 0.25) is 0 Å². The quantitative estimate of drug-likeness (QED) is 0.533. The van der Waals surface area contributed by atoms with Crippen molar-refractivity contribution in [2.75, 3.05) is 7.11 Å². The van der Waals surface area contributed by atoms with E-state index in [0.717, 1.165) is 5.75 Å². The monoisotopic (exact) mass is 192 g/mol. The van der Waals surface area contributed by atoms with Crippen molar-refractivity contribution in [2.24, 2.45) is 0 Å². The maximum Gasteiger partial charge on any atom is 0.118 e. The van der Waals surface area contributed by atoms with Crippen LogP contribution in [0.15, 0.2) is 53.3 Å². The molecular formula is C11H12OS. The van der Waals surface area contributed by atoms with Gasteiger partial charge in [0.15, 0.2) is 0 Å². The van der Waals surface area contributed by atoms with E-state index < -0.39 is 0 Å². The Morgan fingerprint density at radius 3 is 2.54 bits per heavy atom. The van der Waals surface area contributed by atoms with Crippen molar-refractivity contribution in [1.82, 2.24) is 0 Å². The van der Waals surface area contributed by atoms with Crippen LogP contribution in [0.3, 0.4) is 0 Å². The Morgan fingerprint density at radius 2 is 2.00 bits per heavy atom. The van der Waals surface area contributed by atoms with Crippen LogP contribution in [0.2, 0.25) is 0 Å². The second-order valence-electron chi connectivity index (χ2n) is 2.36. The fourth-order valence-corrected chi connectivity index (χ4v) is 1.47. The summed E-state index contributed by atoms with van der Waals surface area (Å²) in [6.07, 6.45) is 3.67. The van der Waals surface area contributed by atoms with Crippen molar-refractivity contribution in [1.29, 1.82) is 0 Å². The first-order chi connectivity index (χ1) is 6.36. The molecule has 0 unspecified atom stereocenters. The summed E-state index contributed by atoms with van der Waals surface area (Å²) in [6.45, 7) is 3.60. The van der Waals surface area contributed by atoms with Crippen molar-refractivity contribution in [3.8, 4) is 5.75 Å². The Morgan fingerprint density at radius 1 is 1.31 bits per heavy atom. The summed E-state index contributed by atoms with van der Waals surface area (Å²) in [6, 6.07) is 7.95. The highest BCUT2D eigenvalue weighted by molar-refractivity contribution is 8.02. The zero-order chi connectivity index (χ0) is 9.52. The Labute approximate surface area is 83.1 Å². The van der Waals surface area contributed by atoms with E-state index in [1.807, 2.05) is 35.7 Å². The zero-order valence-electron chi connectivity index (χ0n) is 7.57. The number of allylic oxidation sites excluding steroid dienone is 2. The van der Waals surface area contributed by atoms with Gasteiger partial charge in [0, 0.05) is 4.90 Å². The molecule has 2 heteroatoms. The fraction of sp³-hybridized carbons (Fsp3) is 0.0909. The Kier molecular flexibility index (Phi) is 4.19. The Bertz CT molecular complexity index is 287. The van der Waals surface area contributed by atoms with E-state index in [0.29, 0.717) is 0 Å². The van der Waals surface area contributed by atoms with Crippen molar-refractivity contribution in [3.05, 3.63) is 48.4 Å². The lowest BCUT2D eigenvalue weighted by atomic mass is 10.3. The van der Waals surface area contributed by atoms with Crippen LogP contribution >= 0.6 is 11.8 Å². The first-order valence-electron chi connectivity index (χ1n) is 3.95. The van der Waals surface area contributed by atoms with Gasteiger partial charge < -0.3 is 4.74 Å². The number of hydrogen-bond donors (Lipinski definition) is 0. The molecule has 0 spiro atoms. The molecule has 0 aliphatic rings. The average molecular weight is 192 g/mol. The third-order valence-corrected chi connectivity index (χ3v) is 2.32. The standard InChI is InChI=1S/C11H12OS/c1-3-4-9-13-11-7-5-10(12-2)6-8-11/h3-9H,1H2,2H3/b9-4-. The predicted molar refractivity (Wildman–Crippen MR) is 58.2 cm³/mol. The summed E-state index contributed by atoms with van der Waals surface area (Å²) in [5.74, 6) is 0.886. The van der Waals surface area contributed by atoms with Crippen molar-refractivity contribution in [2.45, 2.75) is 4.90 Å². The minimum absolute atomic E-state index is 0.886. The van der Waals surface area contributed by atoms with E-state index in [-0.39, 0.29) is 0 Å². The maximum absolute atomic E-state index is 5.05. The van der Waals surface area contributed by atoms with Crippen LogP contribution < -0.4 is 4.74 Å². The van der Waals surface area contributed by atoms with Gasteiger partial charge in [-0.1, -0.05) is 30.5 Å². The minimum atomic E-state index is 0.886. The summed E-state index contributed by atoms with van der Waals surface area (Å²) >= 11 is 1.66. The molecule has 1 aromatic carbocycles. The summed E-state index contributed by atoms with van der Waals surface area (Å²) in [5, 5.41) is 1.99. The second-order valence-corrected chi connectivity index (χ2v) is 3.34. The van der Waals surface area contributed by atoms with Crippen LogP contribution in [-0.4, -0.2) is 7.11 Å². The molecule has 0 heterocycles. The molecule has 0 saturated carbocycles. The Balaban J connectivity index is 2.58. The molecule has 0 bridgehead atoms. The molecule has 1 nitrogen and oxygen atoms in total. The summed E-state index contributed by atoms with van der Waals surface area (Å²) in [5.41, 5.74) is 0. The van der Waals surface area contributed by atoms with Crippen LogP contribution in [0, 0.1) is 0 Å². The molecule has 0 fully saturated rings. The molecule has 1 aromatic rings. The summed E-state index contributed by atoms with van der Waals surface area (Å²) in [7, 11) is 1.67. The minimum Gasteiger partial charge on any atom is -0.497 e. The number of hydrogen-bond acceptors (Lipinski definition) is 2. The zero-order valence-corrected chi connectivity index (χ0v) is 8.38. The van der Waals surface area contributed by atoms with Gasteiger partial charge in [-0.2, -0.15) is 0 Å². The highest BCUT2D eigenvalue weighted by atomic mass is 32.2. The van der Waals surface area contributed by atoms with Crippen molar-refractivity contribution in [3.63, 3.8) is 0 Å². The van der Waals surface area contributed by atoms with Crippen LogP contribution in [0.25, 0.3) is 0 Å². The first-order valence-corrected chi connectivity index (χ1v) is 4.83. The molecule has 1 rings (SSSR count). The van der Waals surface area contributed by atoms with Gasteiger partial charge in [-0.3, -0.25) is 0 Å². The number of benzene rings is 1. The highest BCUT2D eigenvalue weighted by Crippen LogP contribution is 2.21. The van der Waals surface area contributed by atoms with Gasteiger partial charge in [-0.05, 0) is 29.7 Å². The smallest absolute Gasteiger partial charge is 0.118 e. The van der Waals surface area contributed by atoms with Crippen LogP contribution in [0.1, 0.15) is 0 Å². The lowest BCUT2D eigenvalue weighted by Gasteiger charge is -1.99. The number of ether oxygens (including phenoxy) is 1. The average Bonchev–Trinajstić information content (AvgIpc) is 2.19. The van der Waals surface area contributed by atoms with Crippen LogP contribution in [-0.2, 0) is 0 Å². The number of methoxy groups -OCH3 is 1. The van der Waals surface area contributed by atoms with E-state index in [1.165, 1.54) is 4.90 Å². The molecule has 13 heavy (non-hydrogen) atoms. The molecule has 68 valence electrons. The van der Waals surface area contributed by atoms with Crippen LogP contribution in [0.4, 0.5) is 0 Å². The van der Waals surface area contributed by atoms with Gasteiger partial charge in [0.1, 0.15) is 5.75 Å². The van der Waals surface area contributed by atoms with E-state index in [1.54, 1.807) is 24.9 Å². The van der Waals surface area contributed by atoms with Gasteiger partial charge in [0.25, 0.3) is 0 Å².